The van der Waals surface area contributed by atoms with E-state index < -0.39 is 6.36 Å². The highest BCUT2D eigenvalue weighted by Crippen LogP contribution is 2.27. The average molecular weight is 495 g/mol. The van der Waals surface area contributed by atoms with Crippen molar-refractivity contribution in [3.63, 3.8) is 0 Å². The number of benzene rings is 3. The first-order valence-corrected chi connectivity index (χ1v) is 10.9. The van der Waals surface area contributed by atoms with E-state index in [-0.39, 0.29) is 11.8 Å². The number of methoxy groups -OCH3 is 1. The number of hydrogen-bond donors (Lipinski definition) is 1. The predicted molar refractivity (Wildman–Crippen MR) is 126 cm³/mol. The number of rotatable bonds is 6. The fraction of sp³-hybridized carbons (Fsp3) is 0.160. The third-order valence-electron chi connectivity index (χ3n) is 5.37. The van der Waals surface area contributed by atoms with Crippen LogP contribution in [-0.2, 0) is 4.74 Å². The Kier molecular flexibility index (Phi) is 6.19. The molecule has 0 bridgehead atoms. The van der Waals surface area contributed by atoms with Crippen molar-refractivity contribution in [2.24, 2.45) is 4.99 Å². The average Bonchev–Trinajstić information content (AvgIpc) is 3.55. The molecule has 0 fully saturated rings. The quantitative estimate of drug-likeness (QED) is 0.387. The van der Waals surface area contributed by atoms with Gasteiger partial charge >= 0.3 is 6.36 Å². The van der Waals surface area contributed by atoms with Crippen molar-refractivity contribution >= 4 is 11.7 Å². The summed E-state index contributed by atoms with van der Waals surface area (Å²) in [6.45, 7) is 0.442. The Morgan fingerprint density at radius 3 is 2.31 bits per heavy atom. The lowest BCUT2D eigenvalue weighted by molar-refractivity contribution is -0.274. The number of nitrogens with one attached hydrogen (secondary N) is 1. The number of aromatic nitrogens is 3. The SMILES string of the molecule is COc1ccc(C2COC(Nc3ccc(-c4ncn(-c5ccc(OC(F)(F)F)cc5)n4)cc3)=N2)cc1. The highest BCUT2D eigenvalue weighted by Gasteiger charge is 2.31. The standard InChI is InChI=1S/C25H20F3N5O3/c1-34-20-10-4-16(5-11-20)22-14-35-24(31-22)30-18-6-2-17(3-7-18)23-29-15-33(32-23)19-8-12-21(13-9-19)36-25(26,27)28/h2-13,15,22H,14H2,1H3,(H,30,31). The fourth-order valence-electron chi connectivity index (χ4n) is 3.59. The van der Waals surface area contributed by atoms with Crippen molar-refractivity contribution in [1.82, 2.24) is 14.8 Å². The van der Waals surface area contributed by atoms with E-state index in [1.807, 2.05) is 48.5 Å². The molecule has 0 radical (unpaired) electrons. The Morgan fingerprint density at radius 2 is 1.64 bits per heavy atom. The fourth-order valence-corrected chi connectivity index (χ4v) is 3.59. The van der Waals surface area contributed by atoms with Gasteiger partial charge in [-0.2, -0.15) is 0 Å². The van der Waals surface area contributed by atoms with Gasteiger partial charge in [-0.15, -0.1) is 18.3 Å². The number of aliphatic imine (C=N–C) groups is 1. The van der Waals surface area contributed by atoms with Crippen LogP contribution in [0, 0.1) is 0 Å². The zero-order valence-corrected chi connectivity index (χ0v) is 18.9. The van der Waals surface area contributed by atoms with Gasteiger partial charge in [-0.3, -0.25) is 0 Å². The monoisotopic (exact) mass is 495 g/mol. The van der Waals surface area contributed by atoms with Crippen molar-refractivity contribution in [2.75, 3.05) is 19.0 Å². The molecule has 0 spiro atoms. The van der Waals surface area contributed by atoms with Gasteiger partial charge in [0.25, 0.3) is 6.02 Å². The maximum Gasteiger partial charge on any atom is 0.573 e. The molecule has 1 unspecified atom stereocenters. The molecule has 0 amide bonds. The highest BCUT2D eigenvalue weighted by atomic mass is 19.4. The van der Waals surface area contributed by atoms with Gasteiger partial charge in [-0.25, -0.2) is 14.7 Å². The largest absolute Gasteiger partial charge is 0.573 e. The summed E-state index contributed by atoms with van der Waals surface area (Å²) < 4.78 is 53.3. The highest BCUT2D eigenvalue weighted by molar-refractivity contribution is 5.90. The molecule has 0 saturated carbocycles. The van der Waals surface area contributed by atoms with Gasteiger partial charge in [0.1, 0.15) is 30.5 Å². The maximum atomic E-state index is 12.3. The molecule has 0 saturated heterocycles. The summed E-state index contributed by atoms with van der Waals surface area (Å²) in [6.07, 6.45) is -3.25. The number of amidine groups is 1. The molecule has 1 aromatic heterocycles. The van der Waals surface area contributed by atoms with Gasteiger partial charge in [-0.1, -0.05) is 12.1 Å². The molecule has 1 aliphatic rings. The Labute approximate surface area is 204 Å². The Balaban J connectivity index is 1.22. The number of ether oxygens (including phenoxy) is 3. The minimum Gasteiger partial charge on any atom is -0.497 e. The van der Waals surface area contributed by atoms with Gasteiger partial charge in [0.15, 0.2) is 5.82 Å². The van der Waals surface area contributed by atoms with Gasteiger partial charge in [-0.05, 0) is 66.2 Å². The van der Waals surface area contributed by atoms with Gasteiger partial charge in [0.05, 0.1) is 12.8 Å². The smallest absolute Gasteiger partial charge is 0.497 e. The number of halogens is 3. The molecule has 1 aliphatic heterocycles. The predicted octanol–water partition coefficient (Wildman–Crippen LogP) is 5.38. The van der Waals surface area contributed by atoms with E-state index in [4.69, 9.17) is 9.47 Å². The van der Waals surface area contributed by atoms with Crippen LogP contribution in [-0.4, -0.2) is 40.9 Å². The molecular weight excluding hydrogens is 475 g/mol. The first-order valence-electron chi connectivity index (χ1n) is 10.9. The lowest BCUT2D eigenvalue weighted by Gasteiger charge is -2.09. The van der Waals surface area contributed by atoms with Gasteiger partial charge in [0.2, 0.25) is 0 Å². The summed E-state index contributed by atoms with van der Waals surface area (Å²) in [7, 11) is 1.62. The van der Waals surface area contributed by atoms with Crippen LogP contribution in [0.2, 0.25) is 0 Å². The van der Waals surface area contributed by atoms with Crippen LogP contribution < -0.4 is 14.8 Å². The van der Waals surface area contributed by atoms with Crippen LogP contribution in [0.3, 0.4) is 0 Å². The van der Waals surface area contributed by atoms with E-state index in [0.717, 1.165) is 22.6 Å². The topological polar surface area (TPSA) is 82.8 Å². The molecule has 3 aromatic carbocycles. The van der Waals surface area contributed by atoms with E-state index in [1.165, 1.54) is 35.3 Å². The number of nitrogens with zero attached hydrogens (tertiary/aromatic N) is 4. The molecule has 36 heavy (non-hydrogen) atoms. The molecule has 5 rings (SSSR count). The molecule has 8 nitrogen and oxygen atoms in total. The summed E-state index contributed by atoms with van der Waals surface area (Å²) in [5.74, 6) is 0.944. The second kappa shape index (κ2) is 9.61. The Bertz CT molecular complexity index is 1350. The number of anilines is 1. The minimum absolute atomic E-state index is 0.0973. The lowest BCUT2D eigenvalue weighted by atomic mass is 10.1. The van der Waals surface area contributed by atoms with Crippen LogP contribution in [0.1, 0.15) is 11.6 Å². The molecule has 0 aliphatic carbocycles. The first-order chi connectivity index (χ1) is 17.4. The van der Waals surface area contributed by atoms with Crippen molar-refractivity contribution in [3.05, 3.63) is 84.7 Å². The zero-order valence-electron chi connectivity index (χ0n) is 18.9. The maximum absolute atomic E-state index is 12.3. The molecule has 4 aromatic rings. The molecular formula is C25H20F3N5O3. The molecule has 1 atom stereocenters. The third-order valence-corrected chi connectivity index (χ3v) is 5.37. The summed E-state index contributed by atoms with van der Waals surface area (Å²) in [6, 6.07) is 20.8. The third kappa shape index (κ3) is 5.40. The molecule has 1 N–H and O–H groups in total. The number of hydrogen-bond acceptors (Lipinski definition) is 7. The van der Waals surface area contributed by atoms with E-state index in [1.54, 1.807) is 7.11 Å². The molecule has 11 heteroatoms. The first kappa shape index (κ1) is 23.2. The summed E-state index contributed by atoms with van der Waals surface area (Å²) in [5, 5.41) is 7.57. The van der Waals surface area contributed by atoms with Crippen molar-refractivity contribution in [2.45, 2.75) is 12.4 Å². The van der Waals surface area contributed by atoms with Crippen molar-refractivity contribution < 1.29 is 27.4 Å². The van der Waals surface area contributed by atoms with E-state index in [0.29, 0.717) is 24.1 Å². The summed E-state index contributed by atoms with van der Waals surface area (Å²) >= 11 is 0. The Hall–Kier alpha value is -4.54. The Morgan fingerprint density at radius 1 is 0.944 bits per heavy atom. The zero-order chi connectivity index (χ0) is 25.1. The number of alkyl halides is 3. The van der Waals surface area contributed by atoms with E-state index in [9.17, 15) is 13.2 Å². The molecule has 184 valence electrons. The van der Waals surface area contributed by atoms with Crippen LogP contribution in [0.25, 0.3) is 17.1 Å². The summed E-state index contributed by atoms with van der Waals surface area (Å²) in [5.41, 5.74) is 3.13. The lowest BCUT2D eigenvalue weighted by Crippen LogP contribution is -2.17. The van der Waals surface area contributed by atoms with Crippen LogP contribution in [0.15, 0.2) is 84.1 Å². The van der Waals surface area contributed by atoms with Crippen molar-refractivity contribution in [1.29, 1.82) is 0 Å². The van der Waals surface area contributed by atoms with E-state index in [2.05, 4.69) is 25.1 Å². The minimum atomic E-state index is -4.74. The second-order valence-corrected chi connectivity index (χ2v) is 7.79. The van der Waals surface area contributed by atoms with Crippen LogP contribution >= 0.6 is 0 Å². The van der Waals surface area contributed by atoms with Gasteiger partial charge < -0.3 is 19.5 Å². The molecule has 2 heterocycles. The van der Waals surface area contributed by atoms with Crippen LogP contribution in [0.4, 0.5) is 18.9 Å². The van der Waals surface area contributed by atoms with Crippen molar-refractivity contribution in [3.8, 4) is 28.6 Å². The second-order valence-electron chi connectivity index (χ2n) is 7.79. The summed E-state index contributed by atoms with van der Waals surface area (Å²) in [4.78, 5) is 8.89. The van der Waals surface area contributed by atoms with Gasteiger partial charge in [0, 0.05) is 11.3 Å². The van der Waals surface area contributed by atoms with Crippen LogP contribution in [0.5, 0.6) is 11.5 Å². The van der Waals surface area contributed by atoms with E-state index >= 15 is 0 Å². The normalized spacial score (nSPS) is 15.2.